The highest BCUT2D eigenvalue weighted by Gasteiger charge is 2.32. The molecule has 0 aromatic carbocycles. The summed E-state index contributed by atoms with van der Waals surface area (Å²) in [5.41, 5.74) is 0.399. The van der Waals surface area contributed by atoms with Crippen LogP contribution in [0.4, 0.5) is 0 Å². The number of hydrogen-bond donors (Lipinski definition) is 0. The molecule has 1 aromatic heterocycles. The third-order valence-electron chi connectivity index (χ3n) is 2.91. The Hall–Kier alpha value is -1.12. The Bertz CT molecular complexity index is 352. The molecule has 0 N–H and O–H groups in total. The molecule has 0 unspecified atom stereocenters. The van der Waals surface area contributed by atoms with Gasteiger partial charge in [0.25, 0.3) is 5.56 Å². The molecule has 0 atom stereocenters. The van der Waals surface area contributed by atoms with Crippen molar-refractivity contribution in [1.82, 2.24) is 9.55 Å². The van der Waals surface area contributed by atoms with Crippen LogP contribution in [0.2, 0.25) is 0 Å². The molecule has 3 heteroatoms. The Balaban J connectivity index is 2.18. The summed E-state index contributed by atoms with van der Waals surface area (Å²) < 4.78 is 1.71. The molecule has 0 spiro atoms. The van der Waals surface area contributed by atoms with Gasteiger partial charge in [0.1, 0.15) is 0 Å². The number of hydrogen-bond acceptors (Lipinski definition) is 2. The molecule has 0 radical (unpaired) electrons. The van der Waals surface area contributed by atoms with E-state index in [9.17, 15) is 4.79 Å². The average molecular weight is 178 g/mol. The van der Waals surface area contributed by atoms with E-state index in [-0.39, 0.29) is 5.56 Å². The van der Waals surface area contributed by atoms with Crippen LogP contribution in [0, 0.1) is 5.41 Å². The Morgan fingerprint density at radius 3 is 2.92 bits per heavy atom. The molecule has 1 aliphatic carbocycles. The first-order valence-corrected chi connectivity index (χ1v) is 4.70. The summed E-state index contributed by atoms with van der Waals surface area (Å²) in [5, 5.41) is 0. The molecule has 0 bridgehead atoms. The molecule has 1 saturated carbocycles. The van der Waals surface area contributed by atoms with Gasteiger partial charge < -0.3 is 0 Å². The summed E-state index contributed by atoms with van der Waals surface area (Å²) in [6.45, 7) is 3.05. The van der Waals surface area contributed by atoms with E-state index in [0.29, 0.717) is 5.41 Å². The monoisotopic (exact) mass is 178 g/mol. The van der Waals surface area contributed by atoms with E-state index in [2.05, 4.69) is 11.9 Å². The van der Waals surface area contributed by atoms with Crippen LogP contribution in [-0.2, 0) is 6.54 Å². The summed E-state index contributed by atoms with van der Waals surface area (Å²) in [5.74, 6) is 0. The first-order chi connectivity index (χ1) is 6.20. The van der Waals surface area contributed by atoms with Gasteiger partial charge in [-0.3, -0.25) is 9.36 Å². The lowest BCUT2D eigenvalue weighted by atomic mass is 9.70. The van der Waals surface area contributed by atoms with Crippen molar-refractivity contribution in [2.24, 2.45) is 5.41 Å². The van der Waals surface area contributed by atoms with Crippen molar-refractivity contribution in [3.8, 4) is 0 Å². The Morgan fingerprint density at radius 2 is 2.38 bits per heavy atom. The van der Waals surface area contributed by atoms with E-state index in [4.69, 9.17) is 0 Å². The molecular formula is C10H14N2O. The normalized spacial score (nSPS) is 19.5. The third kappa shape index (κ3) is 1.64. The van der Waals surface area contributed by atoms with Crippen molar-refractivity contribution in [2.75, 3.05) is 0 Å². The predicted octanol–water partition coefficient (Wildman–Crippen LogP) is 1.43. The molecular weight excluding hydrogens is 164 g/mol. The highest BCUT2D eigenvalue weighted by atomic mass is 16.1. The Kier molecular flexibility index (Phi) is 1.94. The van der Waals surface area contributed by atoms with Crippen molar-refractivity contribution in [1.29, 1.82) is 0 Å². The molecule has 13 heavy (non-hydrogen) atoms. The summed E-state index contributed by atoms with van der Waals surface area (Å²) in [4.78, 5) is 15.3. The molecule has 1 aromatic rings. The van der Waals surface area contributed by atoms with Crippen LogP contribution in [0.1, 0.15) is 26.2 Å². The minimum absolute atomic E-state index is 0.0584. The maximum Gasteiger partial charge on any atom is 0.253 e. The van der Waals surface area contributed by atoms with Crippen LogP contribution in [0.3, 0.4) is 0 Å². The fourth-order valence-corrected chi connectivity index (χ4v) is 1.85. The predicted molar refractivity (Wildman–Crippen MR) is 50.5 cm³/mol. The van der Waals surface area contributed by atoms with Crippen LogP contribution in [0.5, 0.6) is 0 Å². The highest BCUT2D eigenvalue weighted by molar-refractivity contribution is 4.88. The Labute approximate surface area is 77.4 Å². The second-order valence-corrected chi connectivity index (χ2v) is 4.21. The minimum Gasteiger partial charge on any atom is -0.299 e. The third-order valence-corrected chi connectivity index (χ3v) is 2.91. The van der Waals surface area contributed by atoms with Gasteiger partial charge in [-0.2, -0.15) is 0 Å². The standard InChI is InChI=1S/C10H14N2O/c1-10(4-2-5-10)7-12-8-11-6-3-9(12)13/h3,6,8H,2,4-5,7H2,1H3. The minimum atomic E-state index is 0.0584. The van der Waals surface area contributed by atoms with E-state index in [1.54, 1.807) is 17.1 Å². The van der Waals surface area contributed by atoms with E-state index in [1.165, 1.54) is 25.3 Å². The van der Waals surface area contributed by atoms with Crippen LogP contribution >= 0.6 is 0 Å². The number of rotatable bonds is 2. The van der Waals surface area contributed by atoms with Crippen molar-refractivity contribution in [2.45, 2.75) is 32.7 Å². The van der Waals surface area contributed by atoms with Crippen LogP contribution < -0.4 is 5.56 Å². The fourth-order valence-electron chi connectivity index (χ4n) is 1.85. The zero-order chi connectivity index (χ0) is 9.31. The maximum absolute atomic E-state index is 11.4. The van der Waals surface area contributed by atoms with Gasteiger partial charge in [0.15, 0.2) is 0 Å². The van der Waals surface area contributed by atoms with Crippen molar-refractivity contribution in [3.63, 3.8) is 0 Å². The van der Waals surface area contributed by atoms with E-state index in [0.717, 1.165) is 6.54 Å². The van der Waals surface area contributed by atoms with Gasteiger partial charge in [0.05, 0.1) is 6.33 Å². The summed E-state index contributed by atoms with van der Waals surface area (Å²) in [6.07, 6.45) is 6.93. The van der Waals surface area contributed by atoms with Crippen molar-refractivity contribution < 1.29 is 0 Å². The molecule has 0 aliphatic heterocycles. The fraction of sp³-hybridized carbons (Fsp3) is 0.600. The van der Waals surface area contributed by atoms with E-state index < -0.39 is 0 Å². The maximum atomic E-state index is 11.4. The first kappa shape index (κ1) is 8.48. The van der Waals surface area contributed by atoms with Gasteiger partial charge in [-0.25, -0.2) is 4.98 Å². The summed E-state index contributed by atoms with van der Waals surface area (Å²) in [7, 11) is 0. The van der Waals surface area contributed by atoms with Gasteiger partial charge in [-0.1, -0.05) is 13.3 Å². The van der Waals surface area contributed by atoms with Gasteiger partial charge in [0.2, 0.25) is 0 Å². The van der Waals surface area contributed by atoms with Crippen LogP contribution in [-0.4, -0.2) is 9.55 Å². The molecule has 3 nitrogen and oxygen atoms in total. The molecule has 70 valence electrons. The van der Waals surface area contributed by atoms with Crippen molar-refractivity contribution >= 4 is 0 Å². The lowest BCUT2D eigenvalue weighted by Gasteiger charge is -2.38. The van der Waals surface area contributed by atoms with Gasteiger partial charge in [-0.15, -0.1) is 0 Å². The lowest BCUT2D eigenvalue weighted by molar-refractivity contribution is 0.130. The SMILES string of the molecule is CC1(Cn2cnccc2=O)CCC1. The van der Waals surface area contributed by atoms with Crippen molar-refractivity contribution in [3.05, 3.63) is 28.9 Å². The molecule has 0 amide bonds. The van der Waals surface area contributed by atoms with Gasteiger partial charge in [0, 0.05) is 18.8 Å². The number of aromatic nitrogens is 2. The largest absolute Gasteiger partial charge is 0.299 e. The second kappa shape index (κ2) is 2.98. The molecule has 2 rings (SSSR count). The lowest BCUT2D eigenvalue weighted by Crippen LogP contribution is -2.34. The van der Waals surface area contributed by atoms with Crippen LogP contribution in [0.15, 0.2) is 23.4 Å². The molecule has 1 heterocycles. The zero-order valence-corrected chi connectivity index (χ0v) is 7.86. The molecule has 1 aliphatic rings. The molecule has 0 saturated heterocycles. The van der Waals surface area contributed by atoms with Gasteiger partial charge >= 0.3 is 0 Å². The van der Waals surface area contributed by atoms with E-state index >= 15 is 0 Å². The van der Waals surface area contributed by atoms with E-state index in [1.807, 2.05) is 0 Å². The summed E-state index contributed by atoms with van der Waals surface area (Å²) in [6, 6.07) is 1.52. The Morgan fingerprint density at radius 1 is 1.62 bits per heavy atom. The molecule has 1 fully saturated rings. The summed E-state index contributed by atoms with van der Waals surface area (Å²) >= 11 is 0. The second-order valence-electron chi connectivity index (χ2n) is 4.21. The smallest absolute Gasteiger partial charge is 0.253 e. The van der Waals surface area contributed by atoms with Crippen LogP contribution in [0.25, 0.3) is 0 Å². The average Bonchev–Trinajstić information content (AvgIpc) is 2.06. The topological polar surface area (TPSA) is 34.9 Å². The highest BCUT2D eigenvalue weighted by Crippen LogP contribution is 2.41. The zero-order valence-electron chi connectivity index (χ0n) is 7.86. The first-order valence-electron chi connectivity index (χ1n) is 4.70. The number of nitrogens with zero attached hydrogens (tertiary/aromatic N) is 2. The quantitative estimate of drug-likeness (QED) is 0.686. The van der Waals surface area contributed by atoms with Gasteiger partial charge in [-0.05, 0) is 18.3 Å².